The molecule has 22 heavy (non-hydrogen) atoms. The van der Waals surface area contributed by atoms with Gasteiger partial charge in [-0.3, -0.25) is 4.79 Å². The molecule has 2 N–H and O–H groups in total. The molecule has 0 aliphatic heterocycles. The number of thiocarbonyl (C=S) groups is 1. The number of ether oxygens (including phenoxy) is 1. The molecule has 1 saturated carbocycles. The summed E-state index contributed by atoms with van der Waals surface area (Å²) in [6, 6.07) is 7.62. The van der Waals surface area contributed by atoms with Crippen molar-refractivity contribution in [3.63, 3.8) is 0 Å². The van der Waals surface area contributed by atoms with E-state index in [-0.39, 0.29) is 11.8 Å². The minimum absolute atomic E-state index is 0.0181. The van der Waals surface area contributed by atoms with Crippen LogP contribution in [0.2, 0.25) is 0 Å². The standard InChI is InChI=1S/C17H24N2O2S/c1-2-3-4-5-12-21-15-10-8-14(9-11-15)18-17(22)19-16(20)13-6-7-13/h8-11,13H,2-7,12H2,1H3,(H2,18,19,20,22). The number of hydrogen-bond donors (Lipinski definition) is 2. The van der Waals surface area contributed by atoms with E-state index >= 15 is 0 Å². The van der Waals surface area contributed by atoms with Crippen LogP contribution in [0.5, 0.6) is 5.75 Å². The van der Waals surface area contributed by atoms with Gasteiger partial charge in [0.05, 0.1) is 6.61 Å². The zero-order valence-electron chi connectivity index (χ0n) is 13.1. The summed E-state index contributed by atoms with van der Waals surface area (Å²) < 4.78 is 5.69. The van der Waals surface area contributed by atoms with Gasteiger partial charge in [-0.1, -0.05) is 26.2 Å². The van der Waals surface area contributed by atoms with E-state index in [1.807, 2.05) is 24.3 Å². The van der Waals surface area contributed by atoms with Gasteiger partial charge in [-0.15, -0.1) is 0 Å². The fourth-order valence-electron chi connectivity index (χ4n) is 2.08. The molecule has 1 fully saturated rings. The number of amides is 1. The predicted octanol–water partition coefficient (Wildman–Crippen LogP) is 3.87. The van der Waals surface area contributed by atoms with Gasteiger partial charge < -0.3 is 15.4 Å². The lowest BCUT2D eigenvalue weighted by Gasteiger charge is -2.10. The molecule has 0 unspecified atom stereocenters. The van der Waals surface area contributed by atoms with Crippen LogP contribution in [0.4, 0.5) is 5.69 Å². The third-order valence-electron chi connectivity index (χ3n) is 3.56. The Morgan fingerprint density at radius 3 is 2.59 bits per heavy atom. The molecule has 5 heteroatoms. The number of nitrogens with one attached hydrogen (secondary N) is 2. The van der Waals surface area contributed by atoms with Gasteiger partial charge in [-0.05, 0) is 55.7 Å². The van der Waals surface area contributed by atoms with Gasteiger partial charge in [0, 0.05) is 11.6 Å². The van der Waals surface area contributed by atoms with Gasteiger partial charge >= 0.3 is 0 Å². The van der Waals surface area contributed by atoms with Crippen molar-refractivity contribution in [2.45, 2.75) is 45.4 Å². The Kier molecular flexibility index (Phi) is 6.65. The molecule has 0 heterocycles. The summed E-state index contributed by atoms with van der Waals surface area (Å²) in [4.78, 5) is 11.6. The lowest BCUT2D eigenvalue weighted by Crippen LogP contribution is -2.35. The molecule has 0 atom stereocenters. The van der Waals surface area contributed by atoms with E-state index in [0.717, 1.165) is 37.3 Å². The highest BCUT2D eigenvalue weighted by Gasteiger charge is 2.29. The van der Waals surface area contributed by atoms with Gasteiger partial charge in [-0.2, -0.15) is 0 Å². The summed E-state index contributed by atoms with van der Waals surface area (Å²) in [7, 11) is 0. The largest absolute Gasteiger partial charge is 0.494 e. The molecule has 2 rings (SSSR count). The third kappa shape index (κ3) is 6.02. The second kappa shape index (κ2) is 8.73. The number of anilines is 1. The highest BCUT2D eigenvalue weighted by atomic mass is 32.1. The van der Waals surface area contributed by atoms with Gasteiger partial charge in [0.2, 0.25) is 5.91 Å². The van der Waals surface area contributed by atoms with Crippen molar-refractivity contribution >= 4 is 28.9 Å². The average molecular weight is 320 g/mol. The van der Waals surface area contributed by atoms with Crippen LogP contribution in [-0.2, 0) is 4.79 Å². The van der Waals surface area contributed by atoms with Crippen LogP contribution in [0.1, 0.15) is 45.4 Å². The molecule has 4 nitrogen and oxygen atoms in total. The monoisotopic (exact) mass is 320 g/mol. The highest BCUT2D eigenvalue weighted by molar-refractivity contribution is 7.80. The summed E-state index contributed by atoms with van der Waals surface area (Å²) in [6.07, 6.45) is 6.74. The molecule has 1 amide bonds. The van der Waals surface area contributed by atoms with Crippen LogP contribution in [0.25, 0.3) is 0 Å². The number of rotatable bonds is 8. The second-order valence-corrected chi connectivity index (χ2v) is 6.06. The number of benzene rings is 1. The molecule has 120 valence electrons. The topological polar surface area (TPSA) is 50.4 Å². The molecular weight excluding hydrogens is 296 g/mol. The molecule has 0 bridgehead atoms. The maximum Gasteiger partial charge on any atom is 0.229 e. The van der Waals surface area contributed by atoms with Crippen molar-refractivity contribution < 1.29 is 9.53 Å². The summed E-state index contributed by atoms with van der Waals surface area (Å²) in [5.74, 6) is 1.03. The minimum atomic E-state index is 0.0181. The Labute approximate surface area is 137 Å². The molecule has 0 aromatic heterocycles. The molecule has 0 radical (unpaired) electrons. The Balaban J connectivity index is 1.69. The van der Waals surface area contributed by atoms with Gasteiger partial charge in [-0.25, -0.2) is 0 Å². The van der Waals surface area contributed by atoms with Crippen LogP contribution in [-0.4, -0.2) is 17.6 Å². The number of unbranched alkanes of at least 4 members (excludes halogenated alkanes) is 3. The van der Waals surface area contributed by atoms with E-state index < -0.39 is 0 Å². The van der Waals surface area contributed by atoms with E-state index in [2.05, 4.69) is 17.6 Å². The first-order valence-corrected chi connectivity index (χ1v) is 8.44. The summed E-state index contributed by atoms with van der Waals surface area (Å²) in [5, 5.41) is 6.07. The number of hydrogen-bond acceptors (Lipinski definition) is 3. The van der Waals surface area contributed by atoms with Crippen LogP contribution in [0.3, 0.4) is 0 Å². The van der Waals surface area contributed by atoms with Crippen molar-refractivity contribution in [3.8, 4) is 5.75 Å². The molecule has 1 aliphatic rings. The first-order valence-electron chi connectivity index (χ1n) is 8.03. The lowest BCUT2D eigenvalue weighted by atomic mass is 10.2. The maximum absolute atomic E-state index is 11.6. The molecule has 0 saturated heterocycles. The fraction of sp³-hybridized carbons (Fsp3) is 0.529. The quantitative estimate of drug-likeness (QED) is 0.564. The maximum atomic E-state index is 11.6. The SMILES string of the molecule is CCCCCCOc1ccc(NC(=S)NC(=O)C2CC2)cc1. The Morgan fingerprint density at radius 2 is 1.95 bits per heavy atom. The van der Waals surface area contributed by atoms with Gasteiger partial charge in [0.25, 0.3) is 0 Å². The summed E-state index contributed by atoms with van der Waals surface area (Å²) in [5.41, 5.74) is 0.847. The van der Waals surface area contributed by atoms with E-state index in [1.165, 1.54) is 19.3 Å². The zero-order chi connectivity index (χ0) is 15.8. The minimum Gasteiger partial charge on any atom is -0.494 e. The van der Waals surface area contributed by atoms with Crippen LogP contribution < -0.4 is 15.4 Å². The van der Waals surface area contributed by atoms with Crippen molar-refractivity contribution in [2.75, 3.05) is 11.9 Å². The van der Waals surface area contributed by atoms with E-state index in [0.29, 0.717) is 5.11 Å². The fourth-order valence-corrected chi connectivity index (χ4v) is 2.29. The Morgan fingerprint density at radius 1 is 1.23 bits per heavy atom. The van der Waals surface area contributed by atoms with E-state index in [1.54, 1.807) is 0 Å². The number of carbonyl (C=O) groups is 1. The summed E-state index contributed by atoms with van der Waals surface area (Å²) in [6.45, 7) is 2.95. The third-order valence-corrected chi connectivity index (χ3v) is 3.77. The molecular formula is C17H24N2O2S. The normalized spacial score (nSPS) is 13.5. The van der Waals surface area contributed by atoms with Crippen molar-refractivity contribution in [2.24, 2.45) is 5.92 Å². The lowest BCUT2D eigenvalue weighted by molar-refractivity contribution is -0.120. The van der Waals surface area contributed by atoms with Crippen LogP contribution in [0, 0.1) is 5.92 Å². The molecule has 1 aromatic carbocycles. The van der Waals surface area contributed by atoms with Crippen LogP contribution >= 0.6 is 12.2 Å². The zero-order valence-corrected chi connectivity index (χ0v) is 13.9. The van der Waals surface area contributed by atoms with Gasteiger partial charge in [0.1, 0.15) is 5.75 Å². The van der Waals surface area contributed by atoms with E-state index in [9.17, 15) is 4.79 Å². The van der Waals surface area contributed by atoms with Crippen molar-refractivity contribution in [1.82, 2.24) is 5.32 Å². The number of carbonyl (C=O) groups excluding carboxylic acids is 1. The second-order valence-electron chi connectivity index (χ2n) is 5.65. The average Bonchev–Trinajstić information content (AvgIpc) is 3.33. The smallest absolute Gasteiger partial charge is 0.229 e. The highest BCUT2D eigenvalue weighted by Crippen LogP contribution is 2.28. The Hall–Kier alpha value is -1.62. The Bertz CT molecular complexity index is 498. The molecule has 1 aromatic rings. The van der Waals surface area contributed by atoms with E-state index in [4.69, 9.17) is 17.0 Å². The molecule has 1 aliphatic carbocycles. The first-order chi connectivity index (χ1) is 10.7. The van der Waals surface area contributed by atoms with Crippen molar-refractivity contribution in [1.29, 1.82) is 0 Å². The first kappa shape index (κ1) is 16.7. The van der Waals surface area contributed by atoms with Gasteiger partial charge in [0.15, 0.2) is 5.11 Å². The predicted molar refractivity (Wildman–Crippen MR) is 93.2 cm³/mol. The molecule has 0 spiro atoms. The van der Waals surface area contributed by atoms with Crippen molar-refractivity contribution in [3.05, 3.63) is 24.3 Å². The summed E-state index contributed by atoms with van der Waals surface area (Å²) >= 11 is 5.13. The van der Waals surface area contributed by atoms with Crippen LogP contribution in [0.15, 0.2) is 24.3 Å².